The number of carbonyl (C=O) groups excluding carboxylic acids is 1. The molecule has 0 radical (unpaired) electrons. The summed E-state index contributed by atoms with van der Waals surface area (Å²) in [6, 6.07) is 15.1. The molecule has 1 aromatic heterocycles. The summed E-state index contributed by atoms with van der Waals surface area (Å²) in [5.41, 5.74) is 9.41. The zero-order valence-corrected chi connectivity index (χ0v) is 23.3. The molecule has 2 atom stereocenters. The molecule has 0 spiro atoms. The van der Waals surface area contributed by atoms with Crippen molar-refractivity contribution >= 4 is 5.91 Å². The molecule has 2 fully saturated rings. The first-order valence-electron chi connectivity index (χ1n) is 14.8. The predicted molar refractivity (Wildman–Crippen MR) is 155 cm³/mol. The van der Waals surface area contributed by atoms with Crippen molar-refractivity contribution in [1.29, 1.82) is 0 Å². The van der Waals surface area contributed by atoms with Crippen LogP contribution in [-0.4, -0.2) is 72.5 Å². The molecule has 1 saturated heterocycles. The minimum atomic E-state index is 0.0672. The molecule has 38 heavy (non-hydrogen) atoms. The Hall–Kier alpha value is -2.32. The third-order valence-corrected chi connectivity index (χ3v) is 8.22. The molecule has 7 nitrogen and oxygen atoms in total. The van der Waals surface area contributed by atoms with Crippen LogP contribution in [0.5, 0.6) is 0 Å². The summed E-state index contributed by atoms with van der Waals surface area (Å²) in [6.07, 6.45) is 9.42. The molecule has 2 heterocycles. The third-order valence-electron chi connectivity index (χ3n) is 8.22. The summed E-state index contributed by atoms with van der Waals surface area (Å²) in [6.45, 7) is 9.84. The molecule has 0 bridgehead atoms. The highest BCUT2D eigenvalue weighted by molar-refractivity contribution is 5.79. The van der Waals surface area contributed by atoms with Gasteiger partial charge in [-0.2, -0.15) is 0 Å². The summed E-state index contributed by atoms with van der Waals surface area (Å²) in [4.78, 5) is 22.7. The SMILES string of the molecule is Cc1cccnc1CN(CCCCN)C[C@H]1CN(CC[C@H](NC(=O)C2CCCC2)c2ccccc2)CCN1. The number of aryl methyl sites for hydroxylation is 1. The highest BCUT2D eigenvalue weighted by Gasteiger charge is 2.27. The number of aromatic nitrogens is 1. The summed E-state index contributed by atoms with van der Waals surface area (Å²) in [5.74, 6) is 0.435. The minimum absolute atomic E-state index is 0.0672. The zero-order chi connectivity index (χ0) is 26.6. The average molecular weight is 521 g/mol. The van der Waals surface area contributed by atoms with E-state index in [2.05, 4.69) is 62.7 Å². The molecule has 1 saturated carbocycles. The minimum Gasteiger partial charge on any atom is -0.349 e. The Kier molecular flexibility index (Phi) is 11.6. The fourth-order valence-corrected chi connectivity index (χ4v) is 5.94. The van der Waals surface area contributed by atoms with Crippen LogP contribution in [-0.2, 0) is 11.3 Å². The van der Waals surface area contributed by atoms with E-state index in [-0.39, 0.29) is 17.9 Å². The molecule has 2 aliphatic rings. The molecule has 1 aliphatic heterocycles. The van der Waals surface area contributed by atoms with E-state index in [0.717, 1.165) is 90.2 Å². The van der Waals surface area contributed by atoms with Crippen molar-refractivity contribution in [3.05, 3.63) is 65.5 Å². The van der Waals surface area contributed by atoms with Gasteiger partial charge in [0.2, 0.25) is 5.91 Å². The fourth-order valence-electron chi connectivity index (χ4n) is 5.94. The number of benzene rings is 1. The molecule has 2 aromatic rings. The Labute approximate surface area is 229 Å². The van der Waals surface area contributed by atoms with Gasteiger partial charge >= 0.3 is 0 Å². The lowest BCUT2D eigenvalue weighted by molar-refractivity contribution is -0.125. The van der Waals surface area contributed by atoms with Crippen LogP contribution in [0, 0.1) is 12.8 Å². The van der Waals surface area contributed by atoms with Crippen LogP contribution in [0.4, 0.5) is 0 Å². The molecule has 208 valence electrons. The van der Waals surface area contributed by atoms with Gasteiger partial charge in [0.1, 0.15) is 0 Å². The third kappa shape index (κ3) is 8.87. The first kappa shape index (κ1) is 28.7. The summed E-state index contributed by atoms with van der Waals surface area (Å²) < 4.78 is 0. The number of nitrogens with two attached hydrogens (primary N) is 1. The van der Waals surface area contributed by atoms with Crippen molar-refractivity contribution in [3.8, 4) is 0 Å². The van der Waals surface area contributed by atoms with Crippen LogP contribution in [0.25, 0.3) is 0 Å². The van der Waals surface area contributed by atoms with Crippen LogP contribution in [0.1, 0.15) is 67.8 Å². The lowest BCUT2D eigenvalue weighted by atomic mass is 10.0. The van der Waals surface area contributed by atoms with Gasteiger partial charge in [0.15, 0.2) is 0 Å². The van der Waals surface area contributed by atoms with Gasteiger partial charge in [-0.1, -0.05) is 49.2 Å². The van der Waals surface area contributed by atoms with E-state index in [1.165, 1.54) is 24.0 Å². The topological polar surface area (TPSA) is 86.5 Å². The molecule has 1 amide bonds. The molecular weight excluding hydrogens is 472 g/mol. The van der Waals surface area contributed by atoms with Gasteiger partial charge < -0.3 is 21.3 Å². The van der Waals surface area contributed by atoms with Crippen molar-refractivity contribution in [2.24, 2.45) is 11.7 Å². The standard InChI is InChI=1S/C31H48N6O/c1-25-10-9-17-34-30(25)24-37(19-8-7-16-32)23-28-22-36(21-18-33-28)20-15-29(26-11-3-2-4-12-26)35-31(38)27-13-5-6-14-27/h2-4,9-12,17,27-29,33H,5-8,13-16,18-24,32H2,1H3,(H,35,38)/t28-,29+/m1/s1. The van der Waals surface area contributed by atoms with E-state index in [0.29, 0.717) is 6.04 Å². The smallest absolute Gasteiger partial charge is 0.223 e. The number of pyridine rings is 1. The highest BCUT2D eigenvalue weighted by atomic mass is 16.1. The Morgan fingerprint density at radius 3 is 2.76 bits per heavy atom. The van der Waals surface area contributed by atoms with Crippen LogP contribution in [0.15, 0.2) is 48.7 Å². The van der Waals surface area contributed by atoms with Crippen LogP contribution < -0.4 is 16.4 Å². The maximum atomic E-state index is 13.0. The van der Waals surface area contributed by atoms with Gasteiger partial charge in [-0.05, 0) is 69.3 Å². The molecule has 7 heteroatoms. The molecule has 4 N–H and O–H groups in total. The molecule has 1 aliphatic carbocycles. The van der Waals surface area contributed by atoms with Crippen LogP contribution in [0.2, 0.25) is 0 Å². The fraction of sp³-hybridized carbons (Fsp3) is 0.613. The summed E-state index contributed by atoms with van der Waals surface area (Å²) in [5, 5.41) is 7.17. The quantitative estimate of drug-likeness (QED) is 0.330. The number of rotatable bonds is 14. The maximum Gasteiger partial charge on any atom is 0.223 e. The highest BCUT2D eigenvalue weighted by Crippen LogP contribution is 2.26. The van der Waals surface area contributed by atoms with Gasteiger partial charge in [-0.3, -0.25) is 14.7 Å². The van der Waals surface area contributed by atoms with E-state index in [1.807, 2.05) is 18.3 Å². The van der Waals surface area contributed by atoms with E-state index < -0.39 is 0 Å². The van der Waals surface area contributed by atoms with Crippen LogP contribution in [0.3, 0.4) is 0 Å². The number of nitrogens with one attached hydrogen (secondary N) is 2. The van der Waals surface area contributed by atoms with Gasteiger partial charge in [0, 0.05) is 57.4 Å². The number of nitrogens with zero attached hydrogens (tertiary/aromatic N) is 3. The number of carbonyl (C=O) groups is 1. The molecule has 0 unspecified atom stereocenters. The molecule has 4 rings (SSSR count). The Morgan fingerprint density at radius 2 is 2.00 bits per heavy atom. The lowest BCUT2D eigenvalue weighted by Crippen LogP contribution is -2.55. The van der Waals surface area contributed by atoms with E-state index in [4.69, 9.17) is 5.73 Å². The zero-order valence-electron chi connectivity index (χ0n) is 23.3. The largest absolute Gasteiger partial charge is 0.349 e. The number of amides is 1. The van der Waals surface area contributed by atoms with Crippen molar-refractivity contribution in [3.63, 3.8) is 0 Å². The second-order valence-electron chi connectivity index (χ2n) is 11.2. The van der Waals surface area contributed by atoms with E-state index in [1.54, 1.807) is 0 Å². The Morgan fingerprint density at radius 1 is 1.18 bits per heavy atom. The number of piperazine rings is 1. The van der Waals surface area contributed by atoms with Crippen molar-refractivity contribution in [2.75, 3.05) is 45.8 Å². The van der Waals surface area contributed by atoms with Gasteiger partial charge in [0.25, 0.3) is 0 Å². The maximum absolute atomic E-state index is 13.0. The van der Waals surface area contributed by atoms with Crippen molar-refractivity contribution in [1.82, 2.24) is 25.4 Å². The van der Waals surface area contributed by atoms with Gasteiger partial charge in [-0.25, -0.2) is 0 Å². The van der Waals surface area contributed by atoms with Gasteiger partial charge in [-0.15, -0.1) is 0 Å². The first-order chi connectivity index (χ1) is 18.6. The Balaban J connectivity index is 1.33. The van der Waals surface area contributed by atoms with Crippen LogP contribution >= 0.6 is 0 Å². The number of unbranched alkanes of at least 4 members (excludes halogenated alkanes) is 1. The van der Waals surface area contributed by atoms with Gasteiger partial charge in [0.05, 0.1) is 11.7 Å². The average Bonchev–Trinajstić information content (AvgIpc) is 3.48. The second-order valence-corrected chi connectivity index (χ2v) is 11.2. The Bertz CT molecular complexity index is 964. The summed E-state index contributed by atoms with van der Waals surface area (Å²) >= 11 is 0. The lowest BCUT2D eigenvalue weighted by Gasteiger charge is -2.37. The van der Waals surface area contributed by atoms with E-state index >= 15 is 0 Å². The number of hydrogen-bond acceptors (Lipinski definition) is 6. The number of hydrogen-bond donors (Lipinski definition) is 3. The normalized spacial score (nSPS) is 19.6. The first-order valence-corrected chi connectivity index (χ1v) is 14.8. The second kappa shape index (κ2) is 15.3. The van der Waals surface area contributed by atoms with Crippen molar-refractivity contribution < 1.29 is 4.79 Å². The predicted octanol–water partition coefficient (Wildman–Crippen LogP) is 3.64. The summed E-state index contributed by atoms with van der Waals surface area (Å²) in [7, 11) is 0. The molecular formula is C31H48N6O. The monoisotopic (exact) mass is 520 g/mol. The molecule has 1 aromatic carbocycles. The van der Waals surface area contributed by atoms with Crippen molar-refractivity contribution in [2.45, 2.75) is 70.5 Å². The van der Waals surface area contributed by atoms with E-state index in [9.17, 15) is 4.79 Å².